The van der Waals surface area contributed by atoms with E-state index in [9.17, 15) is 4.79 Å². The van der Waals surface area contributed by atoms with E-state index in [-0.39, 0.29) is 11.9 Å². The van der Waals surface area contributed by atoms with E-state index >= 15 is 0 Å². The Bertz CT molecular complexity index is 1020. The third-order valence-electron chi connectivity index (χ3n) is 5.99. The number of nitrogens with zero attached hydrogens (tertiary/aromatic N) is 2. The maximum absolute atomic E-state index is 13.0. The minimum Gasteiger partial charge on any atom is -0.493 e. The molecule has 0 aliphatic carbocycles. The number of nitrogens with one attached hydrogen (secondary N) is 1. The lowest BCUT2D eigenvalue weighted by Gasteiger charge is -2.40. The van der Waals surface area contributed by atoms with Gasteiger partial charge in [0.2, 0.25) is 0 Å². The molecule has 1 aliphatic rings. The first kappa shape index (κ1) is 24.6. The van der Waals surface area contributed by atoms with Crippen molar-refractivity contribution in [1.82, 2.24) is 10.2 Å². The number of rotatable bonds is 7. The van der Waals surface area contributed by atoms with Gasteiger partial charge in [-0.15, -0.1) is 0 Å². The van der Waals surface area contributed by atoms with Crippen molar-refractivity contribution >= 4 is 28.9 Å². The zero-order valence-corrected chi connectivity index (χ0v) is 20.7. The van der Waals surface area contributed by atoms with Gasteiger partial charge >= 0.3 is 0 Å². The molecule has 2 aromatic rings. The highest BCUT2D eigenvalue weighted by atomic mass is 32.1. The van der Waals surface area contributed by atoms with E-state index in [4.69, 9.17) is 21.7 Å². The highest BCUT2D eigenvalue weighted by Gasteiger charge is 2.30. The maximum atomic E-state index is 13.0. The fourth-order valence-corrected chi connectivity index (χ4v) is 4.47. The number of anilines is 1. The standard InChI is InChI=1S/C26H33N3O3S/c1-18(2)25(30)29(22-11-7-6-9-19(22)3)21-13-15-28(16-14-21)26(33)27-17-20-10-8-12-23(31-4)24(20)32-5/h6-12,21H,1,13-17H2,2-5H3,(H,27,33). The Balaban J connectivity index is 1.65. The van der Waals surface area contributed by atoms with Gasteiger partial charge in [0.15, 0.2) is 16.6 Å². The average molecular weight is 468 g/mol. The van der Waals surface area contributed by atoms with Crippen molar-refractivity contribution in [3.8, 4) is 11.5 Å². The van der Waals surface area contributed by atoms with Crippen LogP contribution in [0.15, 0.2) is 54.6 Å². The Hall–Kier alpha value is -3.06. The number of ether oxygens (including phenoxy) is 2. The molecule has 0 saturated carbocycles. The Morgan fingerprint density at radius 2 is 1.85 bits per heavy atom. The van der Waals surface area contributed by atoms with E-state index in [1.54, 1.807) is 21.1 Å². The van der Waals surface area contributed by atoms with Crippen LogP contribution in [0, 0.1) is 6.92 Å². The molecule has 1 amide bonds. The van der Waals surface area contributed by atoms with Crippen LogP contribution < -0.4 is 19.7 Å². The van der Waals surface area contributed by atoms with E-state index in [0.717, 1.165) is 42.7 Å². The van der Waals surface area contributed by atoms with Crippen molar-refractivity contribution in [2.24, 2.45) is 0 Å². The molecule has 7 heteroatoms. The molecule has 1 saturated heterocycles. The number of likely N-dealkylation sites (tertiary alicyclic amines) is 1. The molecular formula is C26H33N3O3S. The Morgan fingerprint density at radius 3 is 2.45 bits per heavy atom. The first-order chi connectivity index (χ1) is 15.9. The van der Waals surface area contributed by atoms with Crippen LogP contribution in [0.25, 0.3) is 0 Å². The number of amides is 1. The van der Waals surface area contributed by atoms with E-state index < -0.39 is 0 Å². The summed E-state index contributed by atoms with van der Waals surface area (Å²) in [6.45, 7) is 9.80. The molecule has 0 bridgehead atoms. The van der Waals surface area contributed by atoms with Crippen LogP contribution in [0.4, 0.5) is 5.69 Å². The lowest BCUT2D eigenvalue weighted by atomic mass is 10.00. The summed E-state index contributed by atoms with van der Waals surface area (Å²) in [4.78, 5) is 17.1. The number of benzene rings is 2. The summed E-state index contributed by atoms with van der Waals surface area (Å²) in [7, 11) is 3.26. The second-order valence-electron chi connectivity index (χ2n) is 8.27. The third kappa shape index (κ3) is 5.66. The van der Waals surface area contributed by atoms with Crippen molar-refractivity contribution in [2.75, 3.05) is 32.2 Å². The molecule has 3 rings (SSSR count). The molecule has 2 aromatic carbocycles. The van der Waals surface area contributed by atoms with Crippen LogP contribution in [-0.2, 0) is 11.3 Å². The number of para-hydroxylation sites is 2. The largest absolute Gasteiger partial charge is 0.493 e. The molecular weight excluding hydrogens is 434 g/mol. The van der Waals surface area contributed by atoms with Crippen LogP contribution in [0.2, 0.25) is 0 Å². The molecule has 0 spiro atoms. The molecule has 0 unspecified atom stereocenters. The molecule has 176 valence electrons. The molecule has 1 heterocycles. The number of thiocarbonyl (C=S) groups is 1. The maximum Gasteiger partial charge on any atom is 0.253 e. The molecule has 1 aliphatic heterocycles. The van der Waals surface area contributed by atoms with Gasteiger partial charge in [-0.2, -0.15) is 0 Å². The second kappa shape index (κ2) is 11.2. The second-order valence-corrected chi connectivity index (χ2v) is 8.66. The molecule has 1 fully saturated rings. The fraction of sp³-hybridized carbons (Fsp3) is 0.385. The van der Waals surface area contributed by atoms with E-state index in [1.165, 1.54) is 0 Å². The molecule has 0 aromatic heterocycles. The summed E-state index contributed by atoms with van der Waals surface area (Å²) in [6.07, 6.45) is 1.66. The third-order valence-corrected chi connectivity index (χ3v) is 6.39. The number of carbonyl (C=O) groups is 1. The van der Waals surface area contributed by atoms with Gasteiger partial charge in [0.25, 0.3) is 5.91 Å². The monoisotopic (exact) mass is 467 g/mol. The minimum atomic E-state index is -0.0198. The Kier molecular flexibility index (Phi) is 8.33. The SMILES string of the molecule is C=C(C)C(=O)N(c1ccccc1C)C1CCN(C(=S)NCc2cccc(OC)c2OC)CC1. The molecule has 0 radical (unpaired) electrons. The predicted molar refractivity (Wildman–Crippen MR) is 137 cm³/mol. The predicted octanol–water partition coefficient (Wildman–Crippen LogP) is 4.46. The van der Waals surface area contributed by atoms with Crippen LogP contribution in [0.3, 0.4) is 0 Å². The summed E-state index contributed by atoms with van der Waals surface area (Å²) < 4.78 is 10.9. The summed E-state index contributed by atoms with van der Waals surface area (Å²) in [6, 6.07) is 13.9. The van der Waals surface area contributed by atoms with Gasteiger partial charge in [0, 0.05) is 42.5 Å². The number of carbonyl (C=O) groups excluding carboxylic acids is 1. The summed E-state index contributed by atoms with van der Waals surface area (Å²) in [5.74, 6) is 1.39. The molecule has 1 N–H and O–H groups in total. The number of hydrogen-bond donors (Lipinski definition) is 1. The lowest BCUT2D eigenvalue weighted by Crippen LogP contribution is -2.51. The number of methoxy groups -OCH3 is 2. The topological polar surface area (TPSA) is 54.0 Å². The van der Waals surface area contributed by atoms with Gasteiger partial charge in [-0.1, -0.05) is 36.9 Å². The number of aryl methyl sites for hydroxylation is 1. The minimum absolute atomic E-state index is 0.0198. The first-order valence-electron chi connectivity index (χ1n) is 11.1. The molecule has 0 atom stereocenters. The van der Waals surface area contributed by atoms with Crippen LogP contribution in [-0.4, -0.2) is 49.3 Å². The number of hydrogen-bond acceptors (Lipinski definition) is 4. The highest BCUT2D eigenvalue weighted by Crippen LogP contribution is 2.31. The smallest absolute Gasteiger partial charge is 0.253 e. The van der Waals surface area contributed by atoms with Gasteiger partial charge < -0.3 is 24.6 Å². The van der Waals surface area contributed by atoms with Crippen molar-refractivity contribution < 1.29 is 14.3 Å². The summed E-state index contributed by atoms with van der Waals surface area (Å²) in [5.41, 5.74) is 3.56. The van der Waals surface area contributed by atoms with E-state index in [2.05, 4.69) is 16.8 Å². The fourth-order valence-electron chi connectivity index (χ4n) is 4.21. The zero-order valence-electron chi connectivity index (χ0n) is 19.9. The van der Waals surface area contributed by atoms with Crippen LogP contribution >= 0.6 is 12.2 Å². The highest BCUT2D eigenvalue weighted by molar-refractivity contribution is 7.80. The van der Waals surface area contributed by atoms with Crippen LogP contribution in [0.1, 0.15) is 30.9 Å². The quantitative estimate of drug-likeness (QED) is 0.479. The van der Waals surface area contributed by atoms with E-state index in [0.29, 0.717) is 28.7 Å². The lowest BCUT2D eigenvalue weighted by molar-refractivity contribution is -0.115. The number of piperidine rings is 1. The van der Waals surface area contributed by atoms with Gasteiger partial charge in [-0.05, 0) is 56.6 Å². The van der Waals surface area contributed by atoms with Crippen LogP contribution in [0.5, 0.6) is 11.5 Å². The van der Waals surface area contributed by atoms with E-state index in [1.807, 2.05) is 54.3 Å². The Labute approximate surface area is 202 Å². The Morgan fingerprint density at radius 1 is 1.15 bits per heavy atom. The van der Waals surface area contributed by atoms with Gasteiger partial charge in [0.05, 0.1) is 14.2 Å². The van der Waals surface area contributed by atoms with Gasteiger partial charge in [-0.25, -0.2) is 0 Å². The van der Waals surface area contributed by atoms with Gasteiger partial charge in [0.1, 0.15) is 0 Å². The first-order valence-corrected chi connectivity index (χ1v) is 11.6. The summed E-state index contributed by atoms with van der Waals surface area (Å²) >= 11 is 5.67. The molecule has 33 heavy (non-hydrogen) atoms. The van der Waals surface area contributed by atoms with Crippen molar-refractivity contribution in [2.45, 2.75) is 39.3 Å². The van der Waals surface area contributed by atoms with Crippen molar-refractivity contribution in [3.05, 3.63) is 65.7 Å². The molecule has 6 nitrogen and oxygen atoms in total. The average Bonchev–Trinajstić information content (AvgIpc) is 2.83. The van der Waals surface area contributed by atoms with Crippen molar-refractivity contribution in [3.63, 3.8) is 0 Å². The van der Waals surface area contributed by atoms with Gasteiger partial charge in [-0.3, -0.25) is 4.79 Å². The zero-order chi connectivity index (χ0) is 24.0. The summed E-state index contributed by atoms with van der Waals surface area (Å²) in [5, 5.41) is 4.05. The normalized spacial score (nSPS) is 13.9. The van der Waals surface area contributed by atoms with Crippen molar-refractivity contribution in [1.29, 1.82) is 0 Å².